The Bertz CT molecular complexity index is 754. The number of benzene rings is 1. The van der Waals surface area contributed by atoms with E-state index >= 15 is 0 Å². The number of likely N-dealkylation sites (tertiary alicyclic amines) is 1. The highest BCUT2D eigenvalue weighted by atomic mass is 32.2. The smallest absolute Gasteiger partial charge is 0.329 e. The zero-order valence-electron chi connectivity index (χ0n) is 16.2. The molecule has 0 unspecified atom stereocenters. The van der Waals surface area contributed by atoms with E-state index in [0.717, 1.165) is 24.8 Å². The molecule has 0 bridgehead atoms. The van der Waals surface area contributed by atoms with Crippen LogP contribution in [0.2, 0.25) is 0 Å². The fourth-order valence-corrected chi connectivity index (χ4v) is 4.03. The summed E-state index contributed by atoms with van der Waals surface area (Å²) in [6.07, 6.45) is 3.46. The first-order valence-electron chi connectivity index (χ1n) is 9.38. The van der Waals surface area contributed by atoms with Crippen LogP contribution in [0.5, 0.6) is 0 Å². The third-order valence-electron chi connectivity index (χ3n) is 4.54. The first-order chi connectivity index (χ1) is 12.7. The van der Waals surface area contributed by atoms with Crippen LogP contribution in [-0.2, 0) is 14.8 Å². The highest BCUT2D eigenvalue weighted by molar-refractivity contribution is 7.90. The minimum Gasteiger partial charge on any atom is -0.341 e. The summed E-state index contributed by atoms with van der Waals surface area (Å²) >= 11 is 0. The summed E-state index contributed by atoms with van der Waals surface area (Å²) in [6.45, 7) is 7.12. The van der Waals surface area contributed by atoms with Gasteiger partial charge in [-0.25, -0.2) is 17.9 Å². The fraction of sp³-hybridized carbons (Fsp3) is 0.579. The van der Waals surface area contributed by atoms with Crippen molar-refractivity contribution in [3.05, 3.63) is 29.8 Å². The molecule has 1 aromatic carbocycles. The molecule has 8 heteroatoms. The van der Waals surface area contributed by atoms with E-state index in [0.29, 0.717) is 19.5 Å². The normalized spacial score (nSPS) is 16.1. The highest BCUT2D eigenvalue weighted by Crippen LogP contribution is 2.14. The molecule has 1 aliphatic heterocycles. The number of aryl methyl sites for hydroxylation is 1. The molecule has 2 rings (SSSR count). The van der Waals surface area contributed by atoms with Crippen LogP contribution < -0.4 is 10.0 Å². The third-order valence-corrected chi connectivity index (χ3v) is 5.88. The van der Waals surface area contributed by atoms with Gasteiger partial charge in [-0.2, -0.15) is 0 Å². The van der Waals surface area contributed by atoms with Crippen LogP contribution >= 0.6 is 0 Å². The molecule has 0 radical (unpaired) electrons. The number of amides is 3. The van der Waals surface area contributed by atoms with E-state index in [1.54, 1.807) is 17.0 Å². The second-order valence-electron chi connectivity index (χ2n) is 7.46. The molecule has 7 nitrogen and oxygen atoms in total. The lowest BCUT2D eigenvalue weighted by atomic mass is 10.0. The van der Waals surface area contributed by atoms with Crippen LogP contribution in [0, 0.1) is 12.8 Å². The van der Waals surface area contributed by atoms with Crippen molar-refractivity contribution in [2.75, 3.05) is 13.1 Å². The second-order valence-corrected chi connectivity index (χ2v) is 9.14. The first kappa shape index (κ1) is 21.2. The van der Waals surface area contributed by atoms with Gasteiger partial charge in [0.1, 0.15) is 6.04 Å². The molecular formula is C19H29N3O4S. The lowest BCUT2D eigenvalue weighted by molar-refractivity contribution is -0.134. The maximum atomic E-state index is 12.8. The Morgan fingerprint density at radius 3 is 2.22 bits per heavy atom. The number of nitrogens with zero attached hydrogens (tertiary/aromatic N) is 1. The van der Waals surface area contributed by atoms with Gasteiger partial charge >= 0.3 is 6.03 Å². The van der Waals surface area contributed by atoms with E-state index in [2.05, 4.69) is 5.32 Å². The van der Waals surface area contributed by atoms with Gasteiger partial charge in [0.25, 0.3) is 10.0 Å². The van der Waals surface area contributed by atoms with E-state index in [-0.39, 0.29) is 16.7 Å². The van der Waals surface area contributed by atoms with Crippen LogP contribution in [0.25, 0.3) is 0 Å². The summed E-state index contributed by atoms with van der Waals surface area (Å²) in [6, 6.07) is 4.58. The summed E-state index contributed by atoms with van der Waals surface area (Å²) in [5.74, 6) is 0.0315. The Morgan fingerprint density at radius 2 is 1.67 bits per heavy atom. The average molecular weight is 396 g/mol. The highest BCUT2D eigenvalue weighted by Gasteiger charge is 2.29. The second kappa shape index (κ2) is 9.21. The van der Waals surface area contributed by atoms with E-state index in [1.165, 1.54) is 12.1 Å². The number of hydrogen-bond acceptors (Lipinski definition) is 4. The van der Waals surface area contributed by atoms with Gasteiger partial charge in [-0.05, 0) is 50.7 Å². The number of carbonyl (C=O) groups is 2. The molecular weight excluding hydrogens is 366 g/mol. The van der Waals surface area contributed by atoms with Crippen molar-refractivity contribution in [2.45, 2.75) is 57.4 Å². The minimum absolute atomic E-state index is 0.00557. The van der Waals surface area contributed by atoms with Crippen LogP contribution in [0.1, 0.15) is 45.1 Å². The standard InChI is InChI=1S/C19H29N3O4S/c1-14(2)13-17(18(23)22-11-5-4-6-12-22)20-19(24)21-27(25,26)16-9-7-15(3)8-10-16/h7-10,14,17H,4-6,11-13H2,1-3H3,(H2,20,21,24)/t17-/m0/s1. The third kappa shape index (κ3) is 6.23. The quantitative estimate of drug-likeness (QED) is 0.773. The molecule has 150 valence electrons. The van der Waals surface area contributed by atoms with E-state index < -0.39 is 22.1 Å². The molecule has 1 aliphatic rings. The number of sulfonamides is 1. The first-order valence-corrected chi connectivity index (χ1v) is 10.9. The Labute approximate surface area is 161 Å². The van der Waals surface area contributed by atoms with Crippen molar-refractivity contribution in [1.82, 2.24) is 14.9 Å². The van der Waals surface area contributed by atoms with Crippen molar-refractivity contribution in [1.29, 1.82) is 0 Å². The number of hydrogen-bond donors (Lipinski definition) is 2. The lowest BCUT2D eigenvalue weighted by Crippen LogP contribution is -2.53. The largest absolute Gasteiger partial charge is 0.341 e. The average Bonchev–Trinajstić information content (AvgIpc) is 2.60. The summed E-state index contributed by atoms with van der Waals surface area (Å²) < 4.78 is 26.7. The van der Waals surface area contributed by atoms with Crippen LogP contribution in [0.4, 0.5) is 4.79 Å². The van der Waals surface area contributed by atoms with E-state index in [1.807, 2.05) is 25.5 Å². The molecule has 0 spiro atoms. The van der Waals surface area contributed by atoms with Crippen LogP contribution in [0.15, 0.2) is 29.2 Å². The van der Waals surface area contributed by atoms with Gasteiger partial charge in [-0.3, -0.25) is 4.79 Å². The topological polar surface area (TPSA) is 95.6 Å². The van der Waals surface area contributed by atoms with Crippen LogP contribution in [0.3, 0.4) is 0 Å². The molecule has 0 aliphatic carbocycles. The molecule has 1 atom stereocenters. The molecule has 1 aromatic rings. The maximum absolute atomic E-state index is 12.8. The Kier molecular flexibility index (Phi) is 7.24. The van der Waals surface area contributed by atoms with Crippen molar-refractivity contribution >= 4 is 22.0 Å². The zero-order valence-corrected chi connectivity index (χ0v) is 17.0. The molecule has 1 saturated heterocycles. The Morgan fingerprint density at radius 1 is 1.07 bits per heavy atom. The van der Waals surface area contributed by atoms with Crippen LogP contribution in [-0.4, -0.2) is 44.4 Å². The fourth-order valence-electron chi connectivity index (χ4n) is 3.11. The molecule has 27 heavy (non-hydrogen) atoms. The van der Waals surface area contributed by atoms with Crippen molar-refractivity contribution in [2.24, 2.45) is 5.92 Å². The summed E-state index contributed by atoms with van der Waals surface area (Å²) in [4.78, 5) is 26.8. The molecule has 0 saturated carbocycles. The van der Waals surface area contributed by atoms with Gasteiger partial charge in [-0.15, -0.1) is 0 Å². The SMILES string of the molecule is Cc1ccc(S(=O)(=O)NC(=O)N[C@@H](CC(C)C)C(=O)N2CCCCC2)cc1. The number of rotatable bonds is 6. The zero-order chi connectivity index (χ0) is 20.0. The number of urea groups is 1. The lowest BCUT2D eigenvalue weighted by Gasteiger charge is -2.31. The Balaban J connectivity index is 2.06. The number of carbonyl (C=O) groups excluding carboxylic acids is 2. The van der Waals surface area contributed by atoms with Crippen molar-refractivity contribution < 1.29 is 18.0 Å². The number of piperidine rings is 1. The van der Waals surface area contributed by atoms with E-state index in [4.69, 9.17) is 0 Å². The van der Waals surface area contributed by atoms with Crippen molar-refractivity contribution in [3.8, 4) is 0 Å². The minimum atomic E-state index is -3.99. The van der Waals surface area contributed by atoms with Gasteiger partial charge in [0.05, 0.1) is 4.90 Å². The predicted molar refractivity (Wildman–Crippen MR) is 104 cm³/mol. The summed E-state index contributed by atoms with van der Waals surface area (Å²) in [5, 5.41) is 2.56. The molecule has 2 N–H and O–H groups in total. The van der Waals surface area contributed by atoms with E-state index in [9.17, 15) is 18.0 Å². The Hall–Kier alpha value is -2.09. The molecule has 3 amide bonds. The molecule has 1 heterocycles. The van der Waals surface area contributed by atoms with Crippen molar-refractivity contribution in [3.63, 3.8) is 0 Å². The van der Waals surface area contributed by atoms with Gasteiger partial charge in [-0.1, -0.05) is 31.5 Å². The van der Waals surface area contributed by atoms with Gasteiger partial charge in [0.2, 0.25) is 5.91 Å². The van der Waals surface area contributed by atoms with Gasteiger partial charge < -0.3 is 10.2 Å². The van der Waals surface area contributed by atoms with Gasteiger partial charge in [0.15, 0.2) is 0 Å². The maximum Gasteiger partial charge on any atom is 0.329 e. The summed E-state index contributed by atoms with van der Waals surface area (Å²) in [5.41, 5.74) is 0.919. The molecule has 1 fully saturated rings. The number of nitrogens with one attached hydrogen (secondary N) is 2. The van der Waals surface area contributed by atoms with Gasteiger partial charge in [0, 0.05) is 13.1 Å². The summed E-state index contributed by atoms with van der Waals surface area (Å²) in [7, 11) is -3.99. The monoisotopic (exact) mass is 395 g/mol. The predicted octanol–water partition coefficient (Wildman–Crippen LogP) is 2.41. The molecule has 0 aromatic heterocycles.